The fourth-order valence-electron chi connectivity index (χ4n) is 3.34. The van der Waals surface area contributed by atoms with Gasteiger partial charge < -0.3 is 14.3 Å². The van der Waals surface area contributed by atoms with Gasteiger partial charge in [0.25, 0.3) is 0 Å². The fourth-order valence-corrected chi connectivity index (χ4v) is 3.34. The molecule has 1 aromatic carbocycles. The van der Waals surface area contributed by atoms with Gasteiger partial charge in [-0.15, -0.1) is 0 Å². The molecule has 0 fully saturated rings. The van der Waals surface area contributed by atoms with Crippen molar-refractivity contribution in [2.24, 2.45) is 0 Å². The summed E-state index contributed by atoms with van der Waals surface area (Å²) in [6.07, 6.45) is 6.77. The number of methoxy groups -OCH3 is 1. The third kappa shape index (κ3) is 2.77. The molecule has 2 aliphatic rings. The van der Waals surface area contributed by atoms with Crippen LogP contribution in [0.5, 0.6) is 0 Å². The highest BCUT2D eigenvalue weighted by atomic mass is 16.5. The second kappa shape index (κ2) is 6.52. The van der Waals surface area contributed by atoms with Crippen LogP contribution in [0.4, 0.5) is 0 Å². The highest BCUT2D eigenvalue weighted by Gasteiger charge is 2.18. The van der Waals surface area contributed by atoms with Gasteiger partial charge in [-0.3, -0.25) is 4.79 Å². The summed E-state index contributed by atoms with van der Waals surface area (Å²) in [7, 11) is 1.28. The number of pyridine rings is 1. The van der Waals surface area contributed by atoms with Crippen molar-refractivity contribution in [2.75, 3.05) is 7.11 Å². The van der Waals surface area contributed by atoms with E-state index in [4.69, 9.17) is 4.74 Å². The van der Waals surface area contributed by atoms with E-state index in [1.54, 1.807) is 12.1 Å². The average Bonchev–Trinajstić information content (AvgIpc) is 3.09. The Labute approximate surface area is 150 Å². The smallest absolute Gasteiger partial charge is 0.342 e. The van der Waals surface area contributed by atoms with Crippen molar-refractivity contribution in [1.82, 2.24) is 9.55 Å². The van der Waals surface area contributed by atoms with Gasteiger partial charge in [0.2, 0.25) is 0 Å². The van der Waals surface area contributed by atoms with Crippen molar-refractivity contribution < 1.29 is 9.53 Å². The summed E-state index contributed by atoms with van der Waals surface area (Å²) >= 11 is 0. The Kier molecular flexibility index (Phi) is 4.05. The van der Waals surface area contributed by atoms with Gasteiger partial charge in [-0.05, 0) is 41.8 Å². The second-order valence-electron chi connectivity index (χ2n) is 6.23. The van der Waals surface area contributed by atoms with E-state index in [0.717, 1.165) is 24.0 Å². The lowest BCUT2D eigenvalue weighted by molar-refractivity contribution is 0.0600. The van der Waals surface area contributed by atoms with Gasteiger partial charge in [0.1, 0.15) is 5.56 Å². The quantitative estimate of drug-likeness (QED) is 0.576. The molecule has 0 atom stereocenters. The number of rotatable bonds is 4. The topological polar surface area (TPSA) is 64.1 Å². The van der Waals surface area contributed by atoms with Crippen molar-refractivity contribution in [3.8, 4) is 11.1 Å². The molecule has 0 saturated heterocycles. The molecule has 0 saturated carbocycles. The van der Waals surface area contributed by atoms with Crippen LogP contribution in [0.2, 0.25) is 0 Å². The van der Waals surface area contributed by atoms with Gasteiger partial charge in [-0.25, -0.2) is 4.79 Å². The Morgan fingerprint density at radius 1 is 1.15 bits per heavy atom. The minimum absolute atomic E-state index is 0.0915. The van der Waals surface area contributed by atoms with E-state index in [2.05, 4.69) is 21.7 Å². The molecule has 1 aromatic heterocycles. The number of fused-ring (bicyclic) bond motifs is 2. The largest absolute Gasteiger partial charge is 0.465 e. The molecular weight excluding hydrogens is 328 g/mol. The van der Waals surface area contributed by atoms with Crippen LogP contribution in [-0.2, 0) is 17.7 Å². The first-order chi connectivity index (χ1) is 12.7. The van der Waals surface area contributed by atoms with Crippen LogP contribution in [-0.4, -0.2) is 22.6 Å². The van der Waals surface area contributed by atoms with E-state index in [1.165, 1.54) is 24.1 Å². The van der Waals surface area contributed by atoms with Gasteiger partial charge in [0.15, 0.2) is 5.43 Å². The Morgan fingerprint density at radius 2 is 2.00 bits per heavy atom. The number of aryl methyl sites for hydroxylation is 2. The number of H-pyrrole nitrogens is 1. The zero-order chi connectivity index (χ0) is 18.1. The van der Waals surface area contributed by atoms with Crippen molar-refractivity contribution in [3.05, 3.63) is 82.4 Å². The number of carbonyl (C=O) groups is 1. The van der Waals surface area contributed by atoms with Gasteiger partial charge in [-0.1, -0.05) is 18.2 Å². The van der Waals surface area contributed by atoms with Gasteiger partial charge >= 0.3 is 5.97 Å². The van der Waals surface area contributed by atoms with E-state index in [1.807, 2.05) is 30.7 Å². The number of ether oxygens (including phenoxy) is 1. The Morgan fingerprint density at radius 3 is 2.85 bits per heavy atom. The first-order valence-corrected chi connectivity index (χ1v) is 8.43. The van der Waals surface area contributed by atoms with Crippen LogP contribution in [0.1, 0.15) is 15.9 Å². The predicted molar refractivity (Wildman–Crippen MR) is 101 cm³/mol. The molecule has 5 heteroatoms. The maximum Gasteiger partial charge on any atom is 0.342 e. The minimum atomic E-state index is -0.600. The molecule has 0 radical (unpaired) electrons. The number of aromatic nitrogens is 2. The van der Waals surface area contributed by atoms with Crippen LogP contribution in [0, 0.1) is 0 Å². The van der Waals surface area contributed by atoms with Crippen LogP contribution in [0.15, 0.2) is 65.8 Å². The molecule has 26 heavy (non-hydrogen) atoms. The molecule has 0 unspecified atom stereocenters. The van der Waals surface area contributed by atoms with Crippen LogP contribution < -0.4 is 5.43 Å². The first kappa shape index (κ1) is 16.1. The minimum Gasteiger partial charge on any atom is -0.465 e. The molecule has 4 rings (SSSR count). The van der Waals surface area contributed by atoms with Gasteiger partial charge in [0, 0.05) is 41.6 Å². The lowest BCUT2D eigenvalue weighted by Gasteiger charge is -2.13. The van der Waals surface area contributed by atoms with Crippen molar-refractivity contribution in [3.63, 3.8) is 0 Å². The Bertz CT molecular complexity index is 1120. The summed E-state index contributed by atoms with van der Waals surface area (Å²) in [6, 6.07) is 13.2. The summed E-state index contributed by atoms with van der Waals surface area (Å²) in [4.78, 5) is 27.2. The van der Waals surface area contributed by atoms with Gasteiger partial charge in [-0.2, -0.15) is 0 Å². The molecule has 130 valence electrons. The standard InChI is InChI=1S/C21H18N2O3/c1-26-21(25)20-17-9-11-23(13-15(17)6-7-19(20)24)10-8-14-12-22-18-5-3-2-4-16(14)18/h2-7,9,11-13,22H,8,10H2,1H3. The van der Waals surface area contributed by atoms with E-state index in [0.29, 0.717) is 5.56 Å². The van der Waals surface area contributed by atoms with E-state index in [-0.39, 0.29) is 11.0 Å². The molecule has 1 N–H and O–H groups in total. The average molecular weight is 346 g/mol. The maximum absolute atomic E-state index is 12.0. The highest BCUT2D eigenvalue weighted by Crippen LogP contribution is 2.24. The zero-order valence-electron chi connectivity index (χ0n) is 14.4. The van der Waals surface area contributed by atoms with Gasteiger partial charge in [0.05, 0.1) is 7.11 Å². The Balaban J connectivity index is 1.64. The first-order valence-electron chi connectivity index (χ1n) is 8.43. The normalized spacial score (nSPS) is 11.1. The summed E-state index contributed by atoms with van der Waals surface area (Å²) in [6.45, 7) is 0.796. The number of aromatic amines is 1. The SMILES string of the molecule is COC(=O)c1c2ccn(CCc3c[nH]c4ccccc34)cc-2ccc1=O. The van der Waals surface area contributed by atoms with Crippen molar-refractivity contribution in [1.29, 1.82) is 0 Å². The molecule has 0 amide bonds. The summed E-state index contributed by atoms with van der Waals surface area (Å²) in [5.74, 6) is -0.600. The molecule has 5 nitrogen and oxygen atoms in total. The molecule has 2 heterocycles. The van der Waals surface area contributed by atoms with E-state index >= 15 is 0 Å². The molecule has 0 spiro atoms. The second-order valence-corrected chi connectivity index (χ2v) is 6.23. The zero-order valence-corrected chi connectivity index (χ0v) is 14.4. The molecule has 1 aliphatic carbocycles. The van der Waals surface area contributed by atoms with Crippen molar-refractivity contribution >= 4 is 16.9 Å². The van der Waals surface area contributed by atoms with Crippen LogP contribution >= 0.6 is 0 Å². The highest BCUT2D eigenvalue weighted by molar-refractivity contribution is 5.97. The molecule has 1 aliphatic heterocycles. The number of carbonyl (C=O) groups excluding carboxylic acids is 1. The molecule has 2 aromatic rings. The summed E-state index contributed by atoms with van der Waals surface area (Å²) in [5, 5.41) is 1.23. The molecular formula is C21H18N2O3. The Hall–Kier alpha value is -3.34. The summed E-state index contributed by atoms with van der Waals surface area (Å²) in [5.41, 5.74) is 3.63. The monoisotopic (exact) mass is 346 g/mol. The number of para-hydroxylation sites is 1. The maximum atomic E-state index is 12.0. The van der Waals surface area contributed by atoms with Crippen LogP contribution in [0.25, 0.3) is 22.0 Å². The van der Waals surface area contributed by atoms with Crippen molar-refractivity contribution in [2.45, 2.75) is 13.0 Å². The number of nitrogens with zero attached hydrogens (tertiary/aromatic N) is 1. The fraction of sp³-hybridized carbons (Fsp3) is 0.143. The molecule has 0 bridgehead atoms. The number of nitrogens with one attached hydrogen (secondary N) is 1. The predicted octanol–water partition coefficient (Wildman–Crippen LogP) is 3.46. The third-order valence-electron chi connectivity index (χ3n) is 4.68. The number of benzene rings is 2. The lowest BCUT2D eigenvalue weighted by atomic mass is 9.99. The van der Waals surface area contributed by atoms with Crippen LogP contribution in [0.3, 0.4) is 0 Å². The number of hydrogen-bond donors (Lipinski definition) is 1. The number of esters is 1. The third-order valence-corrected chi connectivity index (χ3v) is 4.68. The summed E-state index contributed by atoms with van der Waals surface area (Å²) < 4.78 is 6.81. The van der Waals surface area contributed by atoms with E-state index in [9.17, 15) is 9.59 Å². The van der Waals surface area contributed by atoms with E-state index < -0.39 is 5.97 Å². The number of hydrogen-bond acceptors (Lipinski definition) is 3. The lowest BCUT2D eigenvalue weighted by Crippen LogP contribution is -2.18.